The predicted molar refractivity (Wildman–Crippen MR) is 123 cm³/mol. The first kappa shape index (κ1) is 21.4. The number of amidine groups is 1. The number of benzene rings is 3. The van der Waals surface area contributed by atoms with Gasteiger partial charge in [0.05, 0.1) is 23.9 Å². The molecule has 9 heteroatoms. The summed E-state index contributed by atoms with van der Waals surface area (Å²) in [7, 11) is 1.27. The second kappa shape index (κ2) is 8.51. The molecule has 1 aliphatic heterocycles. The molecule has 0 saturated heterocycles. The quantitative estimate of drug-likeness (QED) is 0.474. The number of methoxy groups -OCH3 is 1. The smallest absolute Gasteiger partial charge is 0.412 e. The van der Waals surface area contributed by atoms with Crippen LogP contribution in [0.5, 0.6) is 0 Å². The highest BCUT2D eigenvalue weighted by Gasteiger charge is 2.18. The van der Waals surface area contributed by atoms with Crippen LogP contribution >= 0.6 is 0 Å². The number of hydrogen-bond donors (Lipinski definition) is 2. The lowest BCUT2D eigenvalue weighted by molar-refractivity contribution is 0.176. The fourth-order valence-corrected chi connectivity index (χ4v) is 4.02. The molecular weight excluding hydrogens is 442 g/mol. The van der Waals surface area contributed by atoms with Crippen LogP contribution < -0.4 is 10.9 Å². The van der Waals surface area contributed by atoms with Crippen molar-refractivity contribution in [2.45, 2.75) is 12.8 Å². The fraction of sp³-hybridized carbons (Fsp3) is 0.120. The Morgan fingerprint density at radius 2 is 1.94 bits per heavy atom. The standard InChI is InChI=1S/C25H18F2N4O3/c1-34-25(33)29-23-11-15-4-3-14(10-21(15)28-23)18-8-13(2-7-20(18)27)9-22-17-6-5-16(26)12-19(17)24(32)31-30-22/h2-8,10,12H,9,11H2,1H3,(H,31,32)(H,28,29,33). The Morgan fingerprint density at radius 3 is 2.76 bits per heavy atom. The third-order valence-electron chi connectivity index (χ3n) is 5.67. The van der Waals surface area contributed by atoms with Crippen LogP contribution in [0.25, 0.3) is 21.9 Å². The van der Waals surface area contributed by atoms with E-state index in [9.17, 15) is 18.4 Å². The Kier molecular flexibility index (Phi) is 5.37. The first-order valence-electron chi connectivity index (χ1n) is 10.4. The summed E-state index contributed by atoms with van der Waals surface area (Å²) >= 11 is 0. The van der Waals surface area contributed by atoms with Gasteiger partial charge in [0.15, 0.2) is 0 Å². The summed E-state index contributed by atoms with van der Waals surface area (Å²) in [5, 5.41) is 9.83. The lowest BCUT2D eigenvalue weighted by Crippen LogP contribution is -2.30. The van der Waals surface area contributed by atoms with Crippen LogP contribution in [0, 0.1) is 11.6 Å². The average Bonchev–Trinajstić information content (AvgIpc) is 3.23. The summed E-state index contributed by atoms with van der Waals surface area (Å²) in [4.78, 5) is 27.9. The van der Waals surface area contributed by atoms with E-state index >= 15 is 0 Å². The number of H-pyrrole nitrogens is 1. The number of rotatable bonds is 3. The number of carbonyl (C=O) groups excluding carboxylic acids is 1. The van der Waals surface area contributed by atoms with Gasteiger partial charge in [0.2, 0.25) is 0 Å². The number of fused-ring (bicyclic) bond motifs is 2. The van der Waals surface area contributed by atoms with Gasteiger partial charge in [-0.1, -0.05) is 18.2 Å². The molecule has 2 N–H and O–H groups in total. The number of halogens is 2. The second-order valence-corrected chi connectivity index (χ2v) is 7.88. The van der Waals surface area contributed by atoms with E-state index in [-0.39, 0.29) is 5.39 Å². The fourth-order valence-electron chi connectivity index (χ4n) is 4.02. The highest BCUT2D eigenvalue weighted by atomic mass is 19.1. The van der Waals surface area contributed by atoms with Gasteiger partial charge in [0.1, 0.15) is 17.5 Å². The molecular formula is C25H18F2N4O3. The van der Waals surface area contributed by atoms with Crippen molar-refractivity contribution in [2.75, 3.05) is 7.11 Å². The molecule has 5 rings (SSSR count). The maximum Gasteiger partial charge on any atom is 0.412 e. The van der Waals surface area contributed by atoms with Gasteiger partial charge in [-0.3, -0.25) is 10.1 Å². The van der Waals surface area contributed by atoms with E-state index in [4.69, 9.17) is 0 Å². The van der Waals surface area contributed by atoms with E-state index in [1.807, 2.05) is 6.07 Å². The summed E-state index contributed by atoms with van der Waals surface area (Å²) in [6, 6.07) is 14.1. The molecule has 0 atom stereocenters. The SMILES string of the molecule is COC(=O)NC1=Nc2cc(-c3cc(Cc4n[nH]c(=O)c5cc(F)ccc45)ccc3F)ccc2C1. The molecule has 0 bridgehead atoms. The molecule has 1 aromatic heterocycles. The Morgan fingerprint density at radius 1 is 1.09 bits per heavy atom. The van der Waals surface area contributed by atoms with Gasteiger partial charge in [-0.15, -0.1) is 0 Å². The van der Waals surface area contributed by atoms with Crippen molar-refractivity contribution in [3.63, 3.8) is 0 Å². The molecule has 1 aliphatic rings. The van der Waals surface area contributed by atoms with Gasteiger partial charge in [-0.2, -0.15) is 5.10 Å². The molecule has 2 heterocycles. The molecule has 4 aromatic rings. The minimum Gasteiger partial charge on any atom is -0.453 e. The van der Waals surface area contributed by atoms with Gasteiger partial charge >= 0.3 is 6.09 Å². The molecule has 34 heavy (non-hydrogen) atoms. The molecule has 7 nitrogen and oxygen atoms in total. The maximum absolute atomic E-state index is 14.8. The van der Waals surface area contributed by atoms with Crippen molar-refractivity contribution < 1.29 is 18.3 Å². The summed E-state index contributed by atoms with van der Waals surface area (Å²) in [5.41, 5.74) is 3.39. The number of nitrogens with one attached hydrogen (secondary N) is 2. The highest BCUT2D eigenvalue weighted by molar-refractivity contribution is 6.01. The van der Waals surface area contributed by atoms with E-state index in [1.165, 1.54) is 31.4 Å². The van der Waals surface area contributed by atoms with Gasteiger partial charge in [0, 0.05) is 23.8 Å². The molecule has 3 aromatic carbocycles. The van der Waals surface area contributed by atoms with Crippen LogP contribution in [0.15, 0.2) is 64.4 Å². The minimum atomic E-state index is -0.600. The Hall–Kier alpha value is -4.40. The largest absolute Gasteiger partial charge is 0.453 e. The van der Waals surface area contributed by atoms with Gasteiger partial charge < -0.3 is 4.74 Å². The van der Waals surface area contributed by atoms with Crippen LogP contribution in [0.4, 0.5) is 19.3 Å². The average molecular weight is 460 g/mol. The zero-order chi connectivity index (χ0) is 23.8. The van der Waals surface area contributed by atoms with Crippen LogP contribution in [-0.2, 0) is 17.6 Å². The molecule has 0 fully saturated rings. The number of carbonyl (C=O) groups is 1. The third-order valence-corrected chi connectivity index (χ3v) is 5.67. The predicted octanol–water partition coefficient (Wildman–Crippen LogP) is 4.40. The summed E-state index contributed by atoms with van der Waals surface area (Å²) in [6.07, 6.45) is 0.151. The Balaban J connectivity index is 1.48. The summed E-state index contributed by atoms with van der Waals surface area (Å²) in [6.45, 7) is 0. The molecule has 0 spiro atoms. The third kappa shape index (κ3) is 4.03. The maximum atomic E-state index is 14.8. The number of aromatic nitrogens is 2. The van der Waals surface area contributed by atoms with E-state index in [0.29, 0.717) is 46.6 Å². The van der Waals surface area contributed by atoms with Crippen LogP contribution in [0.3, 0.4) is 0 Å². The van der Waals surface area contributed by atoms with Crippen molar-refractivity contribution in [3.05, 3.63) is 93.4 Å². The zero-order valence-electron chi connectivity index (χ0n) is 18.0. The molecule has 0 unspecified atom stereocenters. The number of nitrogens with zero attached hydrogens (tertiary/aromatic N) is 2. The van der Waals surface area contributed by atoms with Gasteiger partial charge in [-0.25, -0.2) is 23.7 Å². The highest BCUT2D eigenvalue weighted by Crippen LogP contribution is 2.33. The lowest BCUT2D eigenvalue weighted by atomic mass is 9.97. The van der Waals surface area contributed by atoms with Crippen LogP contribution in [0.1, 0.15) is 16.8 Å². The number of ether oxygens (including phenoxy) is 1. The normalized spacial score (nSPS) is 12.4. The van der Waals surface area contributed by atoms with Gasteiger partial charge in [0.25, 0.3) is 5.56 Å². The number of alkyl carbamates (subject to hydrolysis) is 1. The minimum absolute atomic E-state index is 0.209. The van der Waals surface area contributed by atoms with Crippen LogP contribution in [0.2, 0.25) is 0 Å². The zero-order valence-corrected chi connectivity index (χ0v) is 18.0. The first-order chi connectivity index (χ1) is 16.4. The van der Waals surface area contributed by atoms with E-state index in [1.54, 1.807) is 24.3 Å². The number of hydrogen-bond acceptors (Lipinski definition) is 5. The number of aromatic amines is 1. The van der Waals surface area contributed by atoms with Crippen LogP contribution in [-0.4, -0.2) is 29.2 Å². The van der Waals surface area contributed by atoms with Crippen molar-refractivity contribution in [1.29, 1.82) is 0 Å². The van der Waals surface area contributed by atoms with Crippen molar-refractivity contribution in [3.8, 4) is 11.1 Å². The molecule has 0 aliphatic carbocycles. The van der Waals surface area contributed by atoms with Crippen molar-refractivity contribution >= 4 is 28.4 Å². The summed E-state index contributed by atoms with van der Waals surface area (Å²) in [5.74, 6) is -0.455. The van der Waals surface area contributed by atoms with E-state index in [2.05, 4.69) is 25.2 Å². The topological polar surface area (TPSA) is 96.4 Å². The number of amides is 1. The number of aliphatic imine (C=N–C) groups is 1. The second-order valence-electron chi connectivity index (χ2n) is 7.88. The lowest BCUT2D eigenvalue weighted by Gasteiger charge is -2.10. The van der Waals surface area contributed by atoms with Gasteiger partial charge in [-0.05, 0) is 53.1 Å². The Labute approximate surface area is 192 Å². The Bertz CT molecular complexity index is 1550. The molecule has 1 amide bonds. The first-order valence-corrected chi connectivity index (χ1v) is 10.4. The van der Waals surface area contributed by atoms with Crippen molar-refractivity contribution in [1.82, 2.24) is 15.5 Å². The monoisotopic (exact) mass is 460 g/mol. The summed E-state index contributed by atoms with van der Waals surface area (Å²) < 4.78 is 33.0. The van der Waals surface area contributed by atoms with E-state index < -0.39 is 23.3 Å². The van der Waals surface area contributed by atoms with E-state index in [0.717, 1.165) is 11.1 Å². The molecule has 0 radical (unpaired) electrons. The molecule has 0 saturated carbocycles. The van der Waals surface area contributed by atoms with Crippen molar-refractivity contribution in [2.24, 2.45) is 4.99 Å². The molecule has 170 valence electrons.